The van der Waals surface area contributed by atoms with Crippen molar-refractivity contribution >= 4 is 6.29 Å². The van der Waals surface area contributed by atoms with Crippen molar-refractivity contribution in [3.05, 3.63) is 36.0 Å². The van der Waals surface area contributed by atoms with Gasteiger partial charge in [0, 0.05) is 18.3 Å². The minimum absolute atomic E-state index is 0.555. The third-order valence-electron chi connectivity index (χ3n) is 2.80. The maximum absolute atomic E-state index is 11.0. The third-order valence-corrected chi connectivity index (χ3v) is 2.80. The topological polar surface area (TPSA) is 44.1 Å². The van der Waals surface area contributed by atoms with Crippen LogP contribution in [-0.2, 0) is 6.54 Å². The number of aromatic nitrogens is 2. The smallest absolute Gasteiger partial charge is 0.153 e. The Morgan fingerprint density at radius 3 is 2.89 bits per heavy atom. The van der Waals surface area contributed by atoms with Crippen LogP contribution in [0.5, 0.6) is 5.75 Å². The molecule has 0 saturated carbocycles. The quantitative estimate of drug-likeness (QED) is 0.760. The average Bonchev–Trinajstić information content (AvgIpc) is 2.86. The molecule has 0 aliphatic heterocycles. The van der Waals surface area contributed by atoms with E-state index in [0.717, 1.165) is 30.5 Å². The van der Waals surface area contributed by atoms with Crippen molar-refractivity contribution in [3.63, 3.8) is 0 Å². The molecule has 0 fully saturated rings. The number of aryl methyl sites for hydroxylation is 1. The lowest BCUT2D eigenvalue weighted by Gasteiger charge is -2.09. The normalized spacial score (nSPS) is 10.3. The van der Waals surface area contributed by atoms with Crippen LogP contribution in [0.4, 0.5) is 0 Å². The number of benzene rings is 1. The van der Waals surface area contributed by atoms with Crippen molar-refractivity contribution in [1.29, 1.82) is 0 Å². The maximum atomic E-state index is 11.0. The second kappa shape index (κ2) is 5.49. The lowest BCUT2D eigenvalue weighted by Crippen LogP contribution is -2.01. The Kier molecular flexibility index (Phi) is 3.77. The molecule has 0 aliphatic carbocycles. The molecule has 0 spiro atoms. The lowest BCUT2D eigenvalue weighted by molar-refractivity contribution is 0.112. The first-order valence-electron chi connectivity index (χ1n) is 5.95. The summed E-state index contributed by atoms with van der Waals surface area (Å²) in [5.74, 6) is 0.593. The van der Waals surface area contributed by atoms with Gasteiger partial charge >= 0.3 is 0 Å². The van der Waals surface area contributed by atoms with Gasteiger partial charge in [0.15, 0.2) is 6.29 Å². The molecule has 0 unspecified atom stereocenters. The van der Waals surface area contributed by atoms with Crippen LogP contribution in [0, 0.1) is 0 Å². The molecule has 0 amide bonds. The van der Waals surface area contributed by atoms with Gasteiger partial charge in [-0.25, -0.2) is 0 Å². The summed E-state index contributed by atoms with van der Waals surface area (Å²) in [6, 6.07) is 7.53. The highest BCUT2D eigenvalue weighted by atomic mass is 16.5. The number of ether oxygens (including phenoxy) is 1. The fourth-order valence-corrected chi connectivity index (χ4v) is 1.95. The number of carbonyl (C=O) groups is 1. The number of hydrogen-bond donors (Lipinski definition) is 0. The molecule has 1 heterocycles. The third kappa shape index (κ3) is 2.27. The highest BCUT2D eigenvalue weighted by Crippen LogP contribution is 2.25. The van der Waals surface area contributed by atoms with Gasteiger partial charge in [-0.15, -0.1) is 0 Å². The van der Waals surface area contributed by atoms with E-state index in [1.165, 1.54) is 0 Å². The second-order valence-corrected chi connectivity index (χ2v) is 4.01. The van der Waals surface area contributed by atoms with Crippen LogP contribution >= 0.6 is 0 Å². The van der Waals surface area contributed by atoms with E-state index in [0.29, 0.717) is 11.3 Å². The monoisotopic (exact) mass is 244 g/mol. The summed E-state index contributed by atoms with van der Waals surface area (Å²) in [5, 5.41) is 4.28. The number of methoxy groups -OCH3 is 1. The molecule has 2 aromatic rings. The van der Waals surface area contributed by atoms with Gasteiger partial charge in [0.2, 0.25) is 0 Å². The van der Waals surface area contributed by atoms with Gasteiger partial charge in [0.05, 0.1) is 18.4 Å². The first-order valence-corrected chi connectivity index (χ1v) is 5.95. The highest BCUT2D eigenvalue weighted by molar-refractivity contribution is 5.82. The van der Waals surface area contributed by atoms with Crippen molar-refractivity contribution in [2.45, 2.75) is 19.9 Å². The predicted molar refractivity (Wildman–Crippen MR) is 69.9 cm³/mol. The molecule has 0 radical (unpaired) electrons. The standard InChI is InChI=1S/C14H16N2O2/c1-3-8-16-13(6-7-15-16)11-4-5-14(18-2)12(9-11)10-17/h4-7,9-10H,3,8H2,1-2H3. The minimum Gasteiger partial charge on any atom is -0.496 e. The molecular weight excluding hydrogens is 228 g/mol. The summed E-state index contributed by atoms with van der Waals surface area (Å²) in [6.45, 7) is 2.97. The van der Waals surface area contributed by atoms with Crippen LogP contribution in [0.1, 0.15) is 23.7 Å². The molecule has 0 atom stereocenters. The summed E-state index contributed by atoms with van der Waals surface area (Å²) in [5.41, 5.74) is 2.55. The zero-order valence-electron chi connectivity index (χ0n) is 10.6. The fourth-order valence-electron chi connectivity index (χ4n) is 1.95. The van der Waals surface area contributed by atoms with Gasteiger partial charge in [-0.2, -0.15) is 5.10 Å². The van der Waals surface area contributed by atoms with E-state index in [4.69, 9.17) is 4.74 Å². The Morgan fingerprint density at radius 2 is 2.22 bits per heavy atom. The van der Waals surface area contributed by atoms with Gasteiger partial charge in [-0.05, 0) is 30.7 Å². The number of aldehydes is 1. The first-order chi connectivity index (χ1) is 8.80. The van der Waals surface area contributed by atoms with E-state index in [1.54, 1.807) is 13.3 Å². The Balaban J connectivity index is 2.44. The van der Waals surface area contributed by atoms with E-state index < -0.39 is 0 Å². The molecule has 0 saturated heterocycles. The molecule has 94 valence electrons. The summed E-state index contributed by atoms with van der Waals surface area (Å²) in [6.07, 6.45) is 3.60. The molecular formula is C14H16N2O2. The van der Waals surface area contributed by atoms with Crippen LogP contribution in [0.2, 0.25) is 0 Å². The summed E-state index contributed by atoms with van der Waals surface area (Å²) < 4.78 is 7.07. The molecule has 0 aliphatic rings. The second-order valence-electron chi connectivity index (χ2n) is 4.01. The molecule has 18 heavy (non-hydrogen) atoms. The van der Waals surface area contributed by atoms with E-state index in [1.807, 2.05) is 28.9 Å². The van der Waals surface area contributed by atoms with Crippen LogP contribution in [0.25, 0.3) is 11.3 Å². The first kappa shape index (κ1) is 12.4. The molecule has 1 aromatic carbocycles. The number of hydrogen-bond acceptors (Lipinski definition) is 3. The average molecular weight is 244 g/mol. The minimum atomic E-state index is 0.555. The molecule has 4 nitrogen and oxygen atoms in total. The molecule has 1 aromatic heterocycles. The predicted octanol–water partition coefficient (Wildman–Crippen LogP) is 2.78. The van der Waals surface area contributed by atoms with Crippen LogP contribution in [0.3, 0.4) is 0 Å². The van der Waals surface area contributed by atoms with E-state index in [2.05, 4.69) is 12.0 Å². The molecule has 0 bridgehead atoms. The number of rotatable bonds is 5. The molecule has 4 heteroatoms. The van der Waals surface area contributed by atoms with Gasteiger partial charge < -0.3 is 4.74 Å². The Hall–Kier alpha value is -2.10. The summed E-state index contributed by atoms with van der Waals surface area (Å²) in [4.78, 5) is 11.0. The highest BCUT2D eigenvalue weighted by Gasteiger charge is 2.08. The Bertz CT molecular complexity index is 546. The zero-order chi connectivity index (χ0) is 13.0. The number of nitrogens with zero attached hydrogens (tertiary/aromatic N) is 2. The van der Waals surface area contributed by atoms with E-state index >= 15 is 0 Å². The van der Waals surface area contributed by atoms with Crippen LogP contribution in [-0.4, -0.2) is 23.2 Å². The fraction of sp³-hybridized carbons (Fsp3) is 0.286. The SMILES string of the molecule is CCCn1nccc1-c1ccc(OC)c(C=O)c1. The van der Waals surface area contributed by atoms with Crippen molar-refractivity contribution < 1.29 is 9.53 Å². The van der Waals surface area contributed by atoms with E-state index in [-0.39, 0.29) is 0 Å². The Labute approximate surface area is 106 Å². The van der Waals surface area contributed by atoms with Gasteiger partial charge in [-0.3, -0.25) is 9.48 Å². The van der Waals surface area contributed by atoms with Crippen molar-refractivity contribution in [2.75, 3.05) is 7.11 Å². The van der Waals surface area contributed by atoms with Crippen molar-refractivity contribution in [3.8, 4) is 17.0 Å². The van der Waals surface area contributed by atoms with Crippen molar-refractivity contribution in [1.82, 2.24) is 9.78 Å². The Morgan fingerprint density at radius 1 is 1.39 bits per heavy atom. The van der Waals surface area contributed by atoms with Crippen LogP contribution in [0.15, 0.2) is 30.5 Å². The molecule has 0 N–H and O–H groups in total. The zero-order valence-corrected chi connectivity index (χ0v) is 10.6. The van der Waals surface area contributed by atoms with E-state index in [9.17, 15) is 4.79 Å². The number of carbonyl (C=O) groups excluding carboxylic acids is 1. The molecule has 2 rings (SSSR count). The van der Waals surface area contributed by atoms with Gasteiger partial charge in [0.1, 0.15) is 5.75 Å². The van der Waals surface area contributed by atoms with Crippen LogP contribution < -0.4 is 4.74 Å². The van der Waals surface area contributed by atoms with Gasteiger partial charge in [-0.1, -0.05) is 6.92 Å². The summed E-state index contributed by atoms with van der Waals surface area (Å²) in [7, 11) is 1.56. The van der Waals surface area contributed by atoms with Gasteiger partial charge in [0.25, 0.3) is 0 Å². The largest absolute Gasteiger partial charge is 0.496 e. The summed E-state index contributed by atoms with van der Waals surface area (Å²) >= 11 is 0. The van der Waals surface area contributed by atoms with Crippen molar-refractivity contribution in [2.24, 2.45) is 0 Å². The maximum Gasteiger partial charge on any atom is 0.153 e. The lowest BCUT2D eigenvalue weighted by atomic mass is 10.1.